The number of ether oxygens (including phenoxy) is 2. The number of hydrogen-bond donors (Lipinski definition) is 0. The molecule has 0 amide bonds. The molecule has 2 atom stereocenters. The van der Waals surface area contributed by atoms with Gasteiger partial charge in [-0.2, -0.15) is 61.5 Å². The second kappa shape index (κ2) is 7.89. The molecule has 32 heavy (non-hydrogen) atoms. The Bertz CT molecular complexity index is 684. The van der Waals surface area contributed by atoms with Gasteiger partial charge < -0.3 is 9.47 Å². The second-order valence-electron chi connectivity index (χ2n) is 5.59. The van der Waals surface area contributed by atoms with Crippen LogP contribution in [0.3, 0.4) is 0 Å². The van der Waals surface area contributed by atoms with Gasteiger partial charge in [0.25, 0.3) is 4.87 Å². The molecular weight excluding hydrogens is 529 g/mol. The lowest BCUT2D eigenvalue weighted by molar-refractivity contribution is -0.418. The van der Waals surface area contributed by atoms with Crippen molar-refractivity contribution in [3.8, 4) is 0 Å². The van der Waals surface area contributed by atoms with E-state index in [2.05, 4.69) is 21.1 Å². The monoisotopic (exact) mass is 534 g/mol. The molecule has 0 aliphatic rings. The van der Waals surface area contributed by atoms with Crippen LogP contribution in [-0.4, -0.2) is 72.7 Å². The number of rotatable bonds is 7. The maximum absolute atomic E-state index is 14.2. The van der Waals surface area contributed by atoms with E-state index in [1.54, 1.807) is 0 Å². The zero-order chi connectivity index (χ0) is 26.6. The Labute approximate surface area is 170 Å². The highest BCUT2D eigenvalue weighted by Gasteiger charge is 2.98. The van der Waals surface area contributed by atoms with Crippen molar-refractivity contribution in [3.05, 3.63) is 0 Å². The summed E-state index contributed by atoms with van der Waals surface area (Å²) < 4.78 is 209. The predicted molar refractivity (Wildman–Crippen MR) is 68.4 cm³/mol. The Morgan fingerprint density at radius 3 is 1.12 bits per heavy atom. The molecule has 0 N–H and O–H groups in total. The lowest BCUT2D eigenvalue weighted by Crippen LogP contribution is -2.80. The minimum atomic E-state index is -8.63. The third-order valence-corrected chi connectivity index (χ3v) is 4.48. The van der Waals surface area contributed by atoms with Crippen molar-refractivity contribution >= 4 is 23.5 Å². The number of halogens is 16. The van der Waals surface area contributed by atoms with Gasteiger partial charge in [0.1, 0.15) is 0 Å². The standard InChI is InChI=1S/C12H6ClF15O4/c1-31-3(29)5(14,15)7(13,11(23,24)25)9(19,20)10(21,22)8(18,12(26,27)28)6(16,17)4(30)32-2/h1-2H3. The highest BCUT2D eigenvalue weighted by molar-refractivity contribution is 6.28. The molecule has 0 aromatic rings. The van der Waals surface area contributed by atoms with Gasteiger partial charge in [0, 0.05) is 0 Å². The zero-order valence-corrected chi connectivity index (χ0v) is 15.4. The van der Waals surface area contributed by atoms with E-state index < -0.39 is 58.5 Å². The first-order valence-electron chi connectivity index (χ1n) is 6.91. The van der Waals surface area contributed by atoms with Gasteiger partial charge in [-0.05, 0) is 0 Å². The summed E-state index contributed by atoms with van der Waals surface area (Å²) >= 11 is 3.88. The van der Waals surface area contributed by atoms with Gasteiger partial charge in [0.15, 0.2) is 0 Å². The van der Waals surface area contributed by atoms with Crippen LogP contribution in [0.15, 0.2) is 0 Å². The van der Waals surface area contributed by atoms with Crippen LogP contribution in [0.1, 0.15) is 0 Å². The van der Waals surface area contributed by atoms with Gasteiger partial charge in [-0.3, -0.25) is 0 Å². The van der Waals surface area contributed by atoms with Crippen molar-refractivity contribution in [2.24, 2.45) is 0 Å². The topological polar surface area (TPSA) is 52.6 Å². The quantitative estimate of drug-likeness (QED) is 0.270. The van der Waals surface area contributed by atoms with Crippen LogP contribution in [0.5, 0.6) is 0 Å². The highest BCUT2D eigenvalue weighted by Crippen LogP contribution is 2.67. The molecule has 0 saturated carbocycles. The molecule has 0 aromatic heterocycles. The minimum Gasteiger partial charge on any atom is -0.465 e. The molecule has 20 heteroatoms. The summed E-state index contributed by atoms with van der Waals surface area (Å²) in [5, 5.41) is 0. The van der Waals surface area contributed by atoms with Crippen molar-refractivity contribution in [1.82, 2.24) is 0 Å². The van der Waals surface area contributed by atoms with Crippen molar-refractivity contribution in [1.29, 1.82) is 0 Å². The summed E-state index contributed by atoms with van der Waals surface area (Å²) in [5.41, 5.74) is -8.35. The Hall–Kier alpha value is -1.82. The predicted octanol–water partition coefficient (Wildman–Crippen LogP) is 4.68. The van der Waals surface area contributed by atoms with Gasteiger partial charge >= 0.3 is 53.7 Å². The van der Waals surface area contributed by atoms with Crippen LogP contribution < -0.4 is 0 Å². The van der Waals surface area contributed by atoms with Crippen LogP contribution in [0.2, 0.25) is 0 Å². The number of methoxy groups -OCH3 is 2. The molecule has 0 radical (unpaired) electrons. The summed E-state index contributed by atoms with van der Waals surface area (Å²) in [6.45, 7) is 0. The van der Waals surface area contributed by atoms with E-state index in [4.69, 9.17) is 0 Å². The Balaban J connectivity index is 7.64. The normalized spacial score (nSPS) is 18.4. The van der Waals surface area contributed by atoms with Gasteiger partial charge in [0.05, 0.1) is 14.2 Å². The summed E-state index contributed by atoms with van der Waals surface area (Å²) in [7, 11) is -0.558. The third kappa shape index (κ3) is 3.49. The Kier molecular flexibility index (Phi) is 7.44. The first-order valence-corrected chi connectivity index (χ1v) is 7.28. The second-order valence-corrected chi connectivity index (χ2v) is 6.16. The fraction of sp³-hybridized carbons (Fsp3) is 0.833. The molecule has 0 fully saturated rings. The van der Waals surface area contributed by atoms with Crippen molar-refractivity contribution < 1.29 is 84.9 Å². The van der Waals surface area contributed by atoms with E-state index in [1.807, 2.05) is 0 Å². The zero-order valence-electron chi connectivity index (χ0n) is 14.7. The number of hydrogen-bond acceptors (Lipinski definition) is 4. The van der Waals surface area contributed by atoms with Gasteiger partial charge in [0.2, 0.25) is 0 Å². The first kappa shape index (κ1) is 30.2. The largest absolute Gasteiger partial charge is 0.465 e. The van der Waals surface area contributed by atoms with E-state index in [0.29, 0.717) is 0 Å². The minimum absolute atomic E-state index is 0.249. The lowest BCUT2D eigenvalue weighted by atomic mass is 9.77. The molecular formula is C12H6ClF15O4. The molecule has 2 unspecified atom stereocenters. The van der Waals surface area contributed by atoms with E-state index in [9.17, 15) is 75.4 Å². The highest BCUT2D eigenvalue weighted by atomic mass is 35.5. The first-order chi connectivity index (χ1) is 13.7. The van der Waals surface area contributed by atoms with E-state index >= 15 is 0 Å². The Morgan fingerprint density at radius 1 is 0.562 bits per heavy atom. The van der Waals surface area contributed by atoms with Crippen molar-refractivity contribution in [2.75, 3.05) is 14.2 Å². The van der Waals surface area contributed by atoms with Crippen LogP contribution in [0.25, 0.3) is 0 Å². The van der Waals surface area contributed by atoms with E-state index in [1.165, 1.54) is 0 Å². The van der Waals surface area contributed by atoms with Crippen LogP contribution in [0.4, 0.5) is 65.9 Å². The number of carbonyl (C=O) groups is 2. The van der Waals surface area contributed by atoms with Crippen LogP contribution in [-0.2, 0) is 19.1 Å². The number of esters is 2. The molecule has 0 spiro atoms. The summed E-state index contributed by atoms with van der Waals surface area (Å²) in [4.78, 5) is 14.0. The van der Waals surface area contributed by atoms with Crippen molar-refractivity contribution in [3.63, 3.8) is 0 Å². The number of carbonyl (C=O) groups excluding carboxylic acids is 2. The SMILES string of the molecule is COC(=O)C(F)(F)C(F)(C(F)(F)F)C(F)(F)C(F)(F)C(Cl)(C(F)(F)F)C(F)(F)C(=O)OC. The Morgan fingerprint density at radius 2 is 0.875 bits per heavy atom. The fourth-order valence-corrected chi connectivity index (χ4v) is 2.27. The van der Waals surface area contributed by atoms with Crippen LogP contribution in [0, 0.1) is 0 Å². The van der Waals surface area contributed by atoms with Gasteiger partial charge in [-0.1, -0.05) is 11.6 Å². The molecule has 0 aliphatic heterocycles. The summed E-state index contributed by atoms with van der Waals surface area (Å²) in [6, 6.07) is 0. The fourth-order valence-electron chi connectivity index (χ4n) is 2.08. The lowest BCUT2D eigenvalue weighted by Gasteiger charge is -2.47. The van der Waals surface area contributed by atoms with Gasteiger partial charge in [-0.25, -0.2) is 14.0 Å². The molecule has 0 bridgehead atoms. The van der Waals surface area contributed by atoms with Crippen molar-refractivity contribution in [2.45, 2.75) is 46.6 Å². The molecule has 190 valence electrons. The molecule has 0 aliphatic carbocycles. The average Bonchev–Trinajstić information content (AvgIpc) is 2.62. The van der Waals surface area contributed by atoms with E-state index in [-0.39, 0.29) is 14.2 Å². The summed E-state index contributed by atoms with van der Waals surface area (Å²) in [6.07, 6.45) is -15.8. The smallest absolute Gasteiger partial charge is 0.435 e. The molecule has 4 nitrogen and oxygen atoms in total. The molecule has 0 heterocycles. The summed E-state index contributed by atoms with van der Waals surface area (Å²) in [5.74, 6) is -39.5. The molecule has 0 aromatic carbocycles. The number of alkyl halides is 16. The average molecular weight is 535 g/mol. The molecule has 0 rings (SSSR count). The van der Waals surface area contributed by atoms with Crippen LogP contribution >= 0.6 is 11.6 Å². The maximum atomic E-state index is 14.2. The third-order valence-electron chi connectivity index (χ3n) is 3.79. The maximum Gasteiger partial charge on any atom is 0.435 e. The molecule has 0 saturated heterocycles. The van der Waals surface area contributed by atoms with Gasteiger partial charge in [-0.15, -0.1) is 0 Å². The van der Waals surface area contributed by atoms with E-state index in [0.717, 1.165) is 0 Å².